The number of carbonyl (C=O) groups is 1. The first kappa shape index (κ1) is 13.0. The molecule has 0 bridgehead atoms. The molecule has 0 fully saturated rings. The molecule has 2 aromatic rings. The van der Waals surface area contributed by atoms with Gasteiger partial charge >= 0.3 is 0 Å². The zero-order valence-corrected chi connectivity index (χ0v) is 11.3. The molecule has 92 valence electrons. The Morgan fingerprint density at radius 1 is 1.33 bits per heavy atom. The number of aromatic nitrogens is 1. The molecule has 1 heterocycles. The molecule has 0 spiro atoms. The Balaban J connectivity index is 2.24. The van der Waals surface area contributed by atoms with E-state index in [9.17, 15) is 9.18 Å². The van der Waals surface area contributed by atoms with Crippen LogP contribution in [-0.2, 0) is 0 Å². The highest BCUT2D eigenvalue weighted by atomic mass is 79.9. The number of benzene rings is 1. The summed E-state index contributed by atoms with van der Waals surface area (Å²) in [6.07, 6.45) is 0. The second-order valence-electron chi connectivity index (χ2n) is 3.42. The van der Waals surface area contributed by atoms with E-state index < -0.39 is 11.7 Å². The smallest absolute Gasteiger partial charge is 0.274 e. The molecule has 1 aromatic heterocycles. The Morgan fingerprint density at radius 3 is 2.83 bits per heavy atom. The summed E-state index contributed by atoms with van der Waals surface area (Å²) in [5, 5.41) is 2.76. The van der Waals surface area contributed by atoms with Gasteiger partial charge in [0.25, 0.3) is 5.91 Å². The van der Waals surface area contributed by atoms with Crippen molar-refractivity contribution in [3.05, 3.63) is 57.5 Å². The lowest BCUT2D eigenvalue weighted by molar-refractivity contribution is 0.102. The SMILES string of the molecule is O=C(Nc1cc(F)ccc1Cl)c1cccc(Br)n1. The van der Waals surface area contributed by atoms with Crippen LogP contribution in [0.3, 0.4) is 0 Å². The summed E-state index contributed by atoms with van der Waals surface area (Å²) in [6.45, 7) is 0. The molecule has 0 saturated carbocycles. The first-order valence-electron chi connectivity index (χ1n) is 4.95. The molecule has 0 radical (unpaired) electrons. The molecule has 1 N–H and O–H groups in total. The monoisotopic (exact) mass is 328 g/mol. The zero-order chi connectivity index (χ0) is 13.1. The lowest BCUT2D eigenvalue weighted by atomic mass is 10.3. The molecule has 1 aromatic carbocycles. The van der Waals surface area contributed by atoms with Gasteiger partial charge in [-0.25, -0.2) is 9.37 Å². The Labute approximate surface area is 116 Å². The number of halogens is 3. The van der Waals surface area contributed by atoms with E-state index in [1.54, 1.807) is 18.2 Å². The van der Waals surface area contributed by atoms with Crippen molar-refractivity contribution in [3.63, 3.8) is 0 Å². The summed E-state index contributed by atoms with van der Waals surface area (Å²) in [5.74, 6) is -0.930. The second kappa shape index (κ2) is 5.46. The van der Waals surface area contributed by atoms with Crippen LogP contribution in [0.1, 0.15) is 10.5 Å². The van der Waals surface area contributed by atoms with E-state index in [4.69, 9.17) is 11.6 Å². The van der Waals surface area contributed by atoms with Crippen molar-refractivity contribution >= 4 is 39.1 Å². The maximum absolute atomic E-state index is 13.0. The van der Waals surface area contributed by atoms with E-state index >= 15 is 0 Å². The van der Waals surface area contributed by atoms with Gasteiger partial charge in [-0.1, -0.05) is 17.7 Å². The van der Waals surface area contributed by atoms with Crippen LogP contribution >= 0.6 is 27.5 Å². The van der Waals surface area contributed by atoms with Gasteiger partial charge in [0, 0.05) is 0 Å². The topological polar surface area (TPSA) is 42.0 Å². The van der Waals surface area contributed by atoms with Crippen LogP contribution in [-0.4, -0.2) is 10.9 Å². The number of hydrogen-bond acceptors (Lipinski definition) is 2. The zero-order valence-electron chi connectivity index (χ0n) is 8.95. The van der Waals surface area contributed by atoms with Gasteiger partial charge in [-0.05, 0) is 46.3 Å². The van der Waals surface area contributed by atoms with Crippen LogP contribution in [0.4, 0.5) is 10.1 Å². The number of amides is 1. The van der Waals surface area contributed by atoms with Crippen LogP contribution in [0.2, 0.25) is 5.02 Å². The quantitative estimate of drug-likeness (QED) is 0.849. The van der Waals surface area contributed by atoms with Crippen LogP contribution in [0.25, 0.3) is 0 Å². The summed E-state index contributed by atoms with van der Waals surface area (Å²) < 4.78 is 13.6. The Hall–Kier alpha value is -1.46. The number of hydrogen-bond donors (Lipinski definition) is 1. The van der Waals surface area contributed by atoms with E-state index in [0.29, 0.717) is 4.60 Å². The van der Waals surface area contributed by atoms with Crippen molar-refractivity contribution < 1.29 is 9.18 Å². The average molecular weight is 330 g/mol. The van der Waals surface area contributed by atoms with Crippen LogP contribution in [0, 0.1) is 5.82 Å². The largest absolute Gasteiger partial charge is 0.319 e. The Kier molecular flexibility index (Phi) is 3.93. The van der Waals surface area contributed by atoms with Crippen molar-refractivity contribution in [3.8, 4) is 0 Å². The summed E-state index contributed by atoms with van der Waals surface area (Å²) in [6, 6.07) is 8.67. The highest BCUT2D eigenvalue weighted by Crippen LogP contribution is 2.23. The molecule has 0 aliphatic carbocycles. The minimum absolute atomic E-state index is 0.212. The first-order chi connectivity index (χ1) is 8.56. The predicted molar refractivity (Wildman–Crippen MR) is 71.3 cm³/mol. The fraction of sp³-hybridized carbons (Fsp3) is 0. The van der Waals surface area contributed by atoms with Crippen molar-refractivity contribution in [2.75, 3.05) is 5.32 Å². The molecule has 0 atom stereocenters. The molecule has 3 nitrogen and oxygen atoms in total. The number of rotatable bonds is 2. The maximum Gasteiger partial charge on any atom is 0.274 e. The highest BCUT2D eigenvalue weighted by molar-refractivity contribution is 9.10. The van der Waals surface area contributed by atoms with E-state index in [2.05, 4.69) is 26.2 Å². The molecule has 0 aliphatic heterocycles. The molecular formula is C12H7BrClFN2O. The van der Waals surface area contributed by atoms with Crippen LogP contribution < -0.4 is 5.32 Å². The Morgan fingerprint density at radius 2 is 2.11 bits per heavy atom. The van der Waals surface area contributed by atoms with E-state index in [-0.39, 0.29) is 16.4 Å². The number of nitrogens with one attached hydrogen (secondary N) is 1. The van der Waals surface area contributed by atoms with Gasteiger partial charge in [0.1, 0.15) is 16.1 Å². The van der Waals surface area contributed by atoms with Gasteiger partial charge in [0.15, 0.2) is 0 Å². The molecule has 18 heavy (non-hydrogen) atoms. The first-order valence-corrected chi connectivity index (χ1v) is 6.12. The van der Waals surface area contributed by atoms with Gasteiger partial charge in [0.2, 0.25) is 0 Å². The Bertz CT molecular complexity index is 606. The number of carbonyl (C=O) groups excluding carboxylic acids is 1. The summed E-state index contributed by atoms with van der Waals surface area (Å²) in [5.41, 5.74) is 0.424. The number of nitrogens with zero attached hydrogens (tertiary/aromatic N) is 1. The second-order valence-corrected chi connectivity index (χ2v) is 4.64. The molecule has 2 rings (SSSR count). The number of pyridine rings is 1. The molecule has 6 heteroatoms. The molecule has 0 saturated heterocycles. The fourth-order valence-corrected chi connectivity index (χ4v) is 1.82. The third-order valence-electron chi connectivity index (χ3n) is 2.12. The average Bonchev–Trinajstić information content (AvgIpc) is 2.34. The summed E-state index contributed by atoms with van der Waals surface area (Å²) >= 11 is 9.01. The molecule has 0 aliphatic rings. The predicted octanol–water partition coefficient (Wildman–Crippen LogP) is 3.89. The van der Waals surface area contributed by atoms with Gasteiger partial charge in [-0.2, -0.15) is 0 Å². The molecule has 0 unspecified atom stereocenters. The minimum atomic E-state index is -0.475. The lowest BCUT2D eigenvalue weighted by Gasteiger charge is -2.06. The van der Waals surface area contributed by atoms with E-state index in [1.165, 1.54) is 12.1 Å². The minimum Gasteiger partial charge on any atom is -0.319 e. The third kappa shape index (κ3) is 3.05. The van der Waals surface area contributed by atoms with Crippen LogP contribution in [0.15, 0.2) is 41.0 Å². The highest BCUT2D eigenvalue weighted by Gasteiger charge is 2.10. The van der Waals surface area contributed by atoms with E-state index in [1.807, 2.05) is 0 Å². The maximum atomic E-state index is 13.0. The van der Waals surface area contributed by atoms with Crippen LogP contribution in [0.5, 0.6) is 0 Å². The van der Waals surface area contributed by atoms with Crippen molar-refractivity contribution in [2.45, 2.75) is 0 Å². The molecular weight excluding hydrogens is 322 g/mol. The normalized spacial score (nSPS) is 10.2. The molecule has 1 amide bonds. The van der Waals surface area contributed by atoms with Crippen molar-refractivity contribution in [1.29, 1.82) is 0 Å². The van der Waals surface area contributed by atoms with Crippen molar-refractivity contribution in [2.24, 2.45) is 0 Å². The third-order valence-corrected chi connectivity index (χ3v) is 2.90. The van der Waals surface area contributed by atoms with Gasteiger partial charge in [-0.15, -0.1) is 0 Å². The van der Waals surface area contributed by atoms with Gasteiger partial charge in [0.05, 0.1) is 10.7 Å². The summed E-state index contributed by atoms with van der Waals surface area (Å²) in [7, 11) is 0. The summed E-state index contributed by atoms with van der Waals surface area (Å²) in [4.78, 5) is 15.8. The standard InChI is InChI=1S/C12H7BrClFN2O/c13-11-3-1-2-9(16-11)12(18)17-10-6-7(15)4-5-8(10)14/h1-6H,(H,17,18). The fourth-order valence-electron chi connectivity index (χ4n) is 1.31. The van der Waals surface area contributed by atoms with Gasteiger partial charge in [-0.3, -0.25) is 4.79 Å². The van der Waals surface area contributed by atoms with Gasteiger partial charge < -0.3 is 5.32 Å². The van der Waals surface area contributed by atoms with Crippen molar-refractivity contribution in [1.82, 2.24) is 4.98 Å². The lowest BCUT2D eigenvalue weighted by Crippen LogP contribution is -2.14. The van der Waals surface area contributed by atoms with E-state index in [0.717, 1.165) is 6.07 Å². The number of anilines is 1.